The Bertz CT molecular complexity index is 175. The van der Waals surface area contributed by atoms with E-state index in [1.807, 2.05) is 0 Å². The van der Waals surface area contributed by atoms with Crippen LogP contribution < -0.4 is 59.1 Å². The SMILES string of the molecule is O=S([O-])S(=O)[O-].OC(CS)C(O)CS.[Na+].[Na+]. The molecule has 0 saturated carbocycles. The molecule has 0 spiro atoms. The van der Waals surface area contributed by atoms with Crippen molar-refractivity contribution in [2.75, 3.05) is 11.5 Å². The van der Waals surface area contributed by atoms with Gasteiger partial charge in [0.15, 0.2) is 0 Å². The normalized spacial score (nSPS) is 16.4. The molecule has 0 fully saturated rings. The Labute approximate surface area is 154 Å². The second kappa shape index (κ2) is 17.8. The Morgan fingerprint density at radius 2 is 1.12 bits per heavy atom. The van der Waals surface area contributed by atoms with Gasteiger partial charge in [-0.2, -0.15) is 25.3 Å². The van der Waals surface area contributed by atoms with Crippen molar-refractivity contribution >= 4 is 45.5 Å². The van der Waals surface area contributed by atoms with Crippen LogP contribution in [0.1, 0.15) is 0 Å². The van der Waals surface area contributed by atoms with Crippen molar-refractivity contribution in [1.29, 1.82) is 0 Å². The summed E-state index contributed by atoms with van der Waals surface area (Å²) in [6.45, 7) is 0. The summed E-state index contributed by atoms with van der Waals surface area (Å²) in [4.78, 5) is 0. The molecule has 0 amide bonds. The van der Waals surface area contributed by atoms with Gasteiger partial charge in [-0.3, -0.25) is 8.42 Å². The van der Waals surface area contributed by atoms with E-state index < -0.39 is 32.4 Å². The zero-order valence-electron chi connectivity index (χ0n) is 8.81. The molecule has 0 radical (unpaired) electrons. The molecule has 0 aliphatic heterocycles. The molecule has 16 heavy (non-hydrogen) atoms. The van der Waals surface area contributed by atoms with E-state index in [9.17, 15) is 0 Å². The zero-order valence-corrected chi connectivity index (χ0v) is 16.2. The van der Waals surface area contributed by atoms with Gasteiger partial charge >= 0.3 is 59.1 Å². The van der Waals surface area contributed by atoms with E-state index >= 15 is 0 Å². The first-order chi connectivity index (χ1) is 6.36. The molecule has 0 aromatic heterocycles. The van der Waals surface area contributed by atoms with Gasteiger partial charge in [0.1, 0.15) is 0 Å². The fourth-order valence-corrected chi connectivity index (χ4v) is 0.730. The van der Waals surface area contributed by atoms with E-state index in [1.54, 1.807) is 0 Å². The van der Waals surface area contributed by atoms with Crippen molar-refractivity contribution < 1.29 is 86.9 Å². The Kier molecular flexibility index (Phi) is 30.4. The third-order valence-corrected chi connectivity index (χ3v) is 2.57. The summed E-state index contributed by atoms with van der Waals surface area (Å²) < 4.78 is 36.3. The van der Waals surface area contributed by atoms with Crippen LogP contribution in [0.15, 0.2) is 0 Å². The van der Waals surface area contributed by atoms with Crippen molar-refractivity contribution in [3.63, 3.8) is 0 Å². The van der Waals surface area contributed by atoms with Crippen LogP contribution in [-0.2, 0) is 20.2 Å². The Balaban J connectivity index is -0.0000000825. The van der Waals surface area contributed by atoms with E-state index in [0.717, 1.165) is 0 Å². The second-order valence-electron chi connectivity index (χ2n) is 1.91. The van der Waals surface area contributed by atoms with Gasteiger partial charge in [0, 0.05) is 31.7 Å². The molecule has 4 unspecified atom stereocenters. The fraction of sp³-hybridized carbons (Fsp3) is 1.00. The van der Waals surface area contributed by atoms with E-state index in [2.05, 4.69) is 25.3 Å². The predicted molar refractivity (Wildman–Crippen MR) is 57.6 cm³/mol. The quantitative estimate of drug-likeness (QED) is 0.176. The van der Waals surface area contributed by atoms with Gasteiger partial charge in [-0.1, -0.05) is 0 Å². The van der Waals surface area contributed by atoms with Crippen LogP contribution in [0.25, 0.3) is 0 Å². The van der Waals surface area contributed by atoms with Gasteiger partial charge in [0.2, 0.25) is 0 Å². The molecule has 0 aromatic rings. The number of rotatable bonds is 4. The number of hydrogen-bond donors (Lipinski definition) is 4. The molecule has 0 saturated heterocycles. The molecule has 0 rings (SSSR count). The largest absolute Gasteiger partial charge is 1.00 e. The molecule has 0 aliphatic carbocycles. The first-order valence-electron chi connectivity index (χ1n) is 3.13. The summed E-state index contributed by atoms with van der Waals surface area (Å²) >= 11 is 7.53. The van der Waals surface area contributed by atoms with Gasteiger partial charge in [0.05, 0.1) is 12.2 Å². The minimum atomic E-state index is -2.95. The third-order valence-electron chi connectivity index (χ3n) is 0.929. The summed E-state index contributed by atoms with van der Waals surface area (Å²) in [6.07, 6.45) is -1.48. The average Bonchev–Trinajstić information content (AvgIpc) is 2.16. The zero-order chi connectivity index (χ0) is 11.7. The monoisotopic (exact) mass is 328 g/mol. The maximum absolute atomic E-state index is 9.09. The smallest absolute Gasteiger partial charge is 0.763 e. The number of aliphatic hydroxyl groups excluding tert-OH is 2. The molecule has 0 aromatic carbocycles. The van der Waals surface area contributed by atoms with Crippen LogP contribution in [0.2, 0.25) is 0 Å². The third kappa shape index (κ3) is 19.2. The van der Waals surface area contributed by atoms with Gasteiger partial charge in [-0.25, -0.2) is 0 Å². The molecule has 0 aliphatic rings. The predicted octanol–water partition coefficient (Wildman–Crippen LogP) is -7.76. The van der Waals surface area contributed by atoms with Crippen molar-refractivity contribution in [3.8, 4) is 0 Å². The minimum Gasteiger partial charge on any atom is -0.763 e. The first-order valence-corrected chi connectivity index (χ1v) is 7.06. The molecular weight excluding hydrogens is 318 g/mol. The Morgan fingerprint density at radius 3 is 1.19 bits per heavy atom. The fourth-order valence-electron chi connectivity index (χ4n) is 0.243. The topological polar surface area (TPSA) is 121 Å². The Morgan fingerprint density at radius 1 is 0.938 bits per heavy atom. The van der Waals surface area contributed by atoms with Crippen molar-refractivity contribution in [1.82, 2.24) is 0 Å². The molecule has 6 nitrogen and oxygen atoms in total. The van der Waals surface area contributed by atoms with Crippen molar-refractivity contribution in [3.05, 3.63) is 0 Å². The molecule has 4 atom stereocenters. The van der Waals surface area contributed by atoms with Gasteiger partial charge in [-0.05, 0) is 0 Å². The van der Waals surface area contributed by atoms with Crippen LogP contribution >= 0.6 is 25.3 Å². The summed E-state index contributed by atoms with van der Waals surface area (Å²) in [7, 11) is -5.90. The van der Waals surface area contributed by atoms with Crippen LogP contribution in [0.3, 0.4) is 0 Å². The molecule has 12 heteroatoms. The number of hydrogen-bond acceptors (Lipinski definition) is 8. The molecule has 2 N–H and O–H groups in total. The van der Waals surface area contributed by atoms with Gasteiger partial charge in [-0.15, -0.1) is 0 Å². The minimum absolute atomic E-state index is 0. The van der Waals surface area contributed by atoms with E-state index in [4.69, 9.17) is 27.7 Å². The summed E-state index contributed by atoms with van der Waals surface area (Å²) in [5.74, 6) is 0.559. The van der Waals surface area contributed by atoms with E-state index in [0.29, 0.717) is 0 Å². The van der Waals surface area contributed by atoms with E-state index in [-0.39, 0.29) is 70.6 Å². The van der Waals surface area contributed by atoms with Crippen LogP contribution in [0.5, 0.6) is 0 Å². The summed E-state index contributed by atoms with van der Waals surface area (Å²) in [5.41, 5.74) is 0. The number of aliphatic hydroxyl groups is 2. The maximum atomic E-state index is 9.09. The molecular formula is C4H10Na2O6S4. The van der Waals surface area contributed by atoms with E-state index in [1.165, 1.54) is 0 Å². The molecule has 0 heterocycles. The first kappa shape index (κ1) is 27.2. The Hall–Kier alpha value is 2.84. The molecule has 0 bridgehead atoms. The van der Waals surface area contributed by atoms with Gasteiger partial charge in [0.25, 0.3) is 0 Å². The molecule has 88 valence electrons. The van der Waals surface area contributed by atoms with Gasteiger partial charge < -0.3 is 19.3 Å². The van der Waals surface area contributed by atoms with Crippen molar-refractivity contribution in [2.24, 2.45) is 0 Å². The summed E-state index contributed by atoms with van der Waals surface area (Å²) in [6, 6.07) is 0. The standard InChI is InChI=1S/C4H10O2S2.2Na.H2O4S2/c5-3(1-7)4(6)2-8;;;1-5(2)6(3)4/h3-8H,1-2H2;;;(H,1,2)(H,3,4)/q;2*+1;/p-2. The average molecular weight is 328 g/mol. The van der Waals surface area contributed by atoms with Crippen LogP contribution in [-0.4, -0.2) is 51.4 Å². The summed E-state index contributed by atoms with van der Waals surface area (Å²) in [5, 5.41) is 17.5. The second-order valence-corrected chi connectivity index (χ2v) is 5.09. The number of thiol groups is 2. The van der Waals surface area contributed by atoms with Crippen LogP contribution in [0.4, 0.5) is 0 Å². The maximum Gasteiger partial charge on any atom is 1.00 e. The van der Waals surface area contributed by atoms with Crippen molar-refractivity contribution in [2.45, 2.75) is 12.2 Å². The van der Waals surface area contributed by atoms with Crippen LogP contribution in [0, 0.1) is 0 Å².